The maximum Gasteiger partial charge on any atom is 0.251 e. The van der Waals surface area contributed by atoms with Crippen LogP contribution in [0.4, 0.5) is 0 Å². The fraction of sp³-hybridized carbons (Fsp3) is 0.667. The van der Waals surface area contributed by atoms with Gasteiger partial charge in [-0.3, -0.25) is 14.6 Å². The number of hydrogen-bond donors (Lipinski definition) is 1. The van der Waals surface area contributed by atoms with Crippen molar-refractivity contribution in [2.24, 2.45) is 10.8 Å². The van der Waals surface area contributed by atoms with E-state index in [2.05, 4.69) is 22.1 Å². The highest BCUT2D eigenvalue weighted by Gasteiger charge is 2.47. The number of nitrogens with zero attached hydrogens (tertiary/aromatic N) is 2. The van der Waals surface area contributed by atoms with Crippen molar-refractivity contribution < 1.29 is 9.59 Å². The van der Waals surface area contributed by atoms with E-state index in [0.717, 1.165) is 56.3 Å². The fourth-order valence-corrected chi connectivity index (χ4v) is 4.58. The number of rotatable bonds is 4. The van der Waals surface area contributed by atoms with Gasteiger partial charge in [0.05, 0.1) is 0 Å². The van der Waals surface area contributed by atoms with Gasteiger partial charge >= 0.3 is 0 Å². The fourth-order valence-electron chi connectivity index (χ4n) is 4.58. The molecule has 5 nitrogen and oxygen atoms in total. The van der Waals surface area contributed by atoms with E-state index in [1.165, 1.54) is 12.8 Å². The van der Waals surface area contributed by atoms with E-state index in [0.29, 0.717) is 16.7 Å². The summed E-state index contributed by atoms with van der Waals surface area (Å²) in [5, 5.41) is 3.17. The molecule has 0 bridgehead atoms. The number of aryl methyl sites for hydroxylation is 1. The van der Waals surface area contributed by atoms with E-state index in [-0.39, 0.29) is 11.9 Å². The minimum Gasteiger partial charge on any atom is -0.349 e. The number of aromatic nitrogens is 1. The molecule has 140 valence electrons. The lowest BCUT2D eigenvalue weighted by molar-refractivity contribution is -0.136. The lowest BCUT2D eigenvalue weighted by atomic mass is 9.60. The first-order chi connectivity index (χ1) is 12.4. The van der Waals surface area contributed by atoms with E-state index in [4.69, 9.17) is 0 Å². The van der Waals surface area contributed by atoms with Crippen LogP contribution in [0, 0.1) is 17.8 Å². The molecule has 3 aliphatic rings. The molecule has 0 aromatic carbocycles. The molecule has 2 saturated carbocycles. The Morgan fingerprint density at radius 3 is 2.54 bits per heavy atom. The number of hydrogen-bond acceptors (Lipinski definition) is 3. The van der Waals surface area contributed by atoms with Gasteiger partial charge in [0.1, 0.15) is 0 Å². The molecule has 1 aromatic rings. The number of likely N-dealkylation sites (tertiary alicyclic amines) is 1. The summed E-state index contributed by atoms with van der Waals surface area (Å²) in [5.74, 6) is 0.354. The number of amides is 2. The SMILES string of the molecule is Cc1cnccc1C(=O)NC1CC2(CCN(C(=O)CC3(C)CC3)CC2)C1. The van der Waals surface area contributed by atoms with E-state index < -0.39 is 0 Å². The lowest BCUT2D eigenvalue weighted by Gasteiger charge is -2.52. The minimum atomic E-state index is 0.00930. The van der Waals surface area contributed by atoms with Crippen LogP contribution >= 0.6 is 0 Å². The van der Waals surface area contributed by atoms with Crippen LogP contribution in [0.2, 0.25) is 0 Å². The monoisotopic (exact) mass is 355 g/mol. The third-order valence-corrected chi connectivity index (χ3v) is 6.82. The summed E-state index contributed by atoms with van der Waals surface area (Å²) in [6.07, 6.45) is 10.8. The highest BCUT2D eigenvalue weighted by atomic mass is 16.2. The zero-order valence-electron chi connectivity index (χ0n) is 15.9. The minimum absolute atomic E-state index is 0.00930. The summed E-state index contributed by atoms with van der Waals surface area (Å²) >= 11 is 0. The average Bonchev–Trinajstić information content (AvgIpc) is 3.31. The Kier molecular flexibility index (Phi) is 4.28. The Morgan fingerprint density at radius 2 is 1.92 bits per heavy atom. The van der Waals surface area contributed by atoms with Gasteiger partial charge < -0.3 is 10.2 Å². The van der Waals surface area contributed by atoms with Crippen molar-refractivity contribution in [1.29, 1.82) is 0 Å². The molecule has 0 atom stereocenters. The van der Waals surface area contributed by atoms with Gasteiger partial charge in [0.2, 0.25) is 5.91 Å². The molecule has 1 aliphatic heterocycles. The zero-order chi connectivity index (χ0) is 18.4. The van der Waals surface area contributed by atoms with Gasteiger partial charge in [0.25, 0.3) is 5.91 Å². The zero-order valence-corrected chi connectivity index (χ0v) is 15.9. The van der Waals surface area contributed by atoms with Crippen molar-refractivity contribution >= 4 is 11.8 Å². The molecule has 5 heteroatoms. The van der Waals surface area contributed by atoms with Crippen LogP contribution in [0.15, 0.2) is 18.5 Å². The Balaban J connectivity index is 1.24. The maximum absolute atomic E-state index is 12.4. The van der Waals surface area contributed by atoms with Crippen LogP contribution in [0.5, 0.6) is 0 Å². The average molecular weight is 355 g/mol. The summed E-state index contributed by atoms with van der Waals surface area (Å²) in [4.78, 5) is 31.0. The van der Waals surface area contributed by atoms with Crippen LogP contribution in [0.1, 0.15) is 67.8 Å². The first-order valence-electron chi connectivity index (χ1n) is 9.87. The second-order valence-corrected chi connectivity index (χ2v) is 9.14. The van der Waals surface area contributed by atoms with Crippen molar-refractivity contribution in [3.63, 3.8) is 0 Å². The molecule has 26 heavy (non-hydrogen) atoms. The lowest BCUT2D eigenvalue weighted by Crippen LogP contribution is -2.55. The van der Waals surface area contributed by atoms with Gasteiger partial charge in [-0.15, -0.1) is 0 Å². The predicted octanol–water partition coefficient (Wildman–Crippen LogP) is 3.08. The third-order valence-electron chi connectivity index (χ3n) is 6.82. The van der Waals surface area contributed by atoms with Crippen LogP contribution in [0.3, 0.4) is 0 Å². The molecule has 0 radical (unpaired) electrons. The van der Waals surface area contributed by atoms with E-state index in [1.54, 1.807) is 18.5 Å². The molecule has 4 rings (SSSR count). The topological polar surface area (TPSA) is 62.3 Å². The Morgan fingerprint density at radius 1 is 1.23 bits per heavy atom. The Labute approximate surface area is 155 Å². The van der Waals surface area contributed by atoms with E-state index >= 15 is 0 Å². The summed E-state index contributed by atoms with van der Waals surface area (Å²) in [7, 11) is 0. The molecule has 1 aromatic heterocycles. The van der Waals surface area contributed by atoms with Crippen LogP contribution in [-0.4, -0.2) is 40.8 Å². The number of piperidine rings is 1. The van der Waals surface area contributed by atoms with Crippen molar-refractivity contribution in [2.75, 3.05) is 13.1 Å². The second-order valence-electron chi connectivity index (χ2n) is 9.14. The highest BCUT2D eigenvalue weighted by Crippen LogP contribution is 2.51. The molecule has 3 fully saturated rings. The number of carbonyl (C=O) groups excluding carboxylic acids is 2. The summed E-state index contributed by atoms with van der Waals surface area (Å²) in [6.45, 7) is 5.91. The first kappa shape index (κ1) is 17.5. The van der Waals surface area contributed by atoms with Gasteiger partial charge in [-0.1, -0.05) is 6.92 Å². The summed E-state index contributed by atoms with van der Waals surface area (Å²) in [6, 6.07) is 2.05. The van der Waals surface area contributed by atoms with Crippen LogP contribution in [-0.2, 0) is 4.79 Å². The van der Waals surface area contributed by atoms with Crippen molar-refractivity contribution in [2.45, 2.75) is 64.8 Å². The normalized spacial score (nSPS) is 23.4. The smallest absolute Gasteiger partial charge is 0.251 e. The summed E-state index contributed by atoms with van der Waals surface area (Å²) < 4.78 is 0. The van der Waals surface area contributed by atoms with E-state index in [1.807, 2.05) is 6.92 Å². The van der Waals surface area contributed by atoms with Crippen LogP contribution in [0.25, 0.3) is 0 Å². The molecular weight excluding hydrogens is 326 g/mol. The van der Waals surface area contributed by atoms with Crippen molar-refractivity contribution in [3.05, 3.63) is 29.6 Å². The molecule has 1 spiro atoms. The second kappa shape index (κ2) is 6.36. The van der Waals surface area contributed by atoms with Crippen LogP contribution < -0.4 is 5.32 Å². The first-order valence-corrected chi connectivity index (χ1v) is 9.87. The molecule has 2 aliphatic carbocycles. The quantitative estimate of drug-likeness (QED) is 0.903. The Hall–Kier alpha value is -1.91. The number of carbonyl (C=O) groups is 2. The van der Waals surface area contributed by atoms with Gasteiger partial charge in [-0.2, -0.15) is 0 Å². The number of nitrogens with one attached hydrogen (secondary N) is 1. The molecule has 2 heterocycles. The molecule has 1 saturated heterocycles. The van der Waals surface area contributed by atoms with Crippen molar-refractivity contribution in [3.8, 4) is 0 Å². The summed E-state index contributed by atoms with van der Waals surface area (Å²) in [5.41, 5.74) is 2.26. The molecule has 2 amide bonds. The Bertz CT molecular complexity index is 710. The predicted molar refractivity (Wildman–Crippen MR) is 99.7 cm³/mol. The highest BCUT2D eigenvalue weighted by molar-refractivity contribution is 5.95. The van der Waals surface area contributed by atoms with Gasteiger partial charge in [0, 0.05) is 43.5 Å². The van der Waals surface area contributed by atoms with Gasteiger partial charge in [-0.05, 0) is 67.9 Å². The van der Waals surface area contributed by atoms with E-state index in [9.17, 15) is 9.59 Å². The van der Waals surface area contributed by atoms with Crippen molar-refractivity contribution in [1.82, 2.24) is 15.2 Å². The molecule has 1 N–H and O–H groups in total. The number of pyridine rings is 1. The standard InChI is InChI=1S/C21H29N3O2/c1-15-14-22-8-3-17(15)19(26)23-16-11-21(12-16)6-9-24(10-7-21)18(25)13-20(2)4-5-20/h3,8,14,16H,4-7,9-13H2,1-2H3,(H,23,26). The van der Waals surface area contributed by atoms with Gasteiger partial charge in [0.15, 0.2) is 0 Å². The maximum atomic E-state index is 12.4. The molecular formula is C21H29N3O2. The molecule has 0 unspecified atom stereocenters. The van der Waals surface area contributed by atoms with Gasteiger partial charge in [-0.25, -0.2) is 0 Å². The largest absolute Gasteiger partial charge is 0.349 e. The third kappa shape index (κ3) is 3.49.